The highest BCUT2D eigenvalue weighted by Gasteiger charge is 2.41. The molecule has 104 heavy (non-hydrogen) atoms. The summed E-state index contributed by atoms with van der Waals surface area (Å²) < 4.78 is 47.8. The van der Waals surface area contributed by atoms with Crippen molar-refractivity contribution in [2.75, 3.05) is 6.61 Å². The van der Waals surface area contributed by atoms with Gasteiger partial charge in [0.15, 0.2) is 25.2 Å². The fourth-order valence-electron chi connectivity index (χ4n) is 13.3. The first-order valence-electron chi connectivity index (χ1n) is 40.0. The fraction of sp³-hybridized carbons (Fsp3) is 0.553. The molecule has 574 valence electrons. The Morgan fingerprint density at radius 2 is 0.567 bits per heavy atom. The van der Waals surface area contributed by atoms with Gasteiger partial charge >= 0.3 is 0 Å². The van der Waals surface area contributed by atoms with Crippen molar-refractivity contribution in [1.29, 1.82) is 0 Å². The van der Waals surface area contributed by atoms with Crippen molar-refractivity contribution in [2.45, 2.75) is 308 Å². The summed E-state index contributed by atoms with van der Waals surface area (Å²) in [7, 11) is 0. The molecule has 0 saturated heterocycles. The molecule has 10 heteroatoms. The normalized spacial score (nSPS) is 18.7. The first-order valence-corrected chi connectivity index (χ1v) is 40.0. The smallest absolute Gasteiger partial charge is 0.197 e. The van der Waals surface area contributed by atoms with E-state index in [4.69, 9.17) is 48.1 Å². The molecule has 0 radical (unpaired) electrons. The maximum Gasteiger partial charge on any atom is 0.197 e. The molecule has 7 aromatic rings. The summed E-state index contributed by atoms with van der Waals surface area (Å²) in [6.07, 6.45) is 16.0. The Labute approximate surface area is 631 Å². The van der Waals surface area contributed by atoms with E-state index in [1.807, 2.05) is 107 Å². The van der Waals surface area contributed by atoms with Gasteiger partial charge in [0, 0.05) is 0 Å². The molecule has 0 aromatic heterocycles. The fourth-order valence-corrected chi connectivity index (χ4v) is 13.3. The Morgan fingerprint density at radius 3 is 0.827 bits per heavy atom. The van der Waals surface area contributed by atoms with Gasteiger partial charge in [-0.05, 0) is 288 Å². The quantitative estimate of drug-likeness (QED) is 0.0395. The molecule has 0 bridgehead atoms. The number of phenols is 2. The maximum absolute atomic E-state index is 9.01. The van der Waals surface area contributed by atoms with E-state index in [0.29, 0.717) is 77.2 Å². The Bertz CT molecular complexity index is 3160. The van der Waals surface area contributed by atoms with Gasteiger partial charge in [-0.1, -0.05) is 214 Å². The molecule has 0 spiro atoms. The van der Waals surface area contributed by atoms with Gasteiger partial charge in [-0.2, -0.15) is 0 Å². The van der Waals surface area contributed by atoms with E-state index in [2.05, 4.69) is 184 Å². The zero-order valence-electron chi connectivity index (χ0n) is 67.9. The van der Waals surface area contributed by atoms with Crippen LogP contribution in [-0.4, -0.2) is 54.2 Å². The summed E-state index contributed by atoms with van der Waals surface area (Å²) in [6.45, 7) is 45.1. The average Bonchev–Trinajstić information content (AvgIpc) is 0.800. The predicted molar refractivity (Wildman–Crippen MR) is 434 cm³/mol. The molecule has 2 N–H and O–H groups in total. The SMILES string of the molecule is CCC(C)c1ccc(O)cc1.CCC(C)c1ccc(O)cc1.CCC(C)c1ccc(OC(C)OC2CCC(C(C)(C)C3CCC(OC(C)Oc4ccc(C(C)CC)cc4)CC3)CC2)cc1.CCC(C)c1ccc(OC(C)OCC(C)C)cc1.CCC(C)c1ccc(OC(C)OCc2ccccc2)cc1. The van der Waals surface area contributed by atoms with Crippen LogP contribution in [0.1, 0.15) is 303 Å². The Morgan fingerprint density at radius 1 is 0.317 bits per heavy atom. The summed E-state index contributed by atoms with van der Waals surface area (Å²) in [5, 5.41) is 18.0. The highest BCUT2D eigenvalue weighted by atomic mass is 16.7. The molecule has 0 amide bonds. The number of hydrogen-bond acceptors (Lipinski definition) is 10. The van der Waals surface area contributed by atoms with E-state index >= 15 is 0 Å². The average molecular weight is 1430 g/mol. The Hall–Kier alpha value is -6.82. The van der Waals surface area contributed by atoms with E-state index in [9.17, 15) is 0 Å². The monoisotopic (exact) mass is 1430 g/mol. The number of benzene rings is 7. The van der Waals surface area contributed by atoms with Crippen molar-refractivity contribution in [3.8, 4) is 34.5 Å². The predicted octanol–water partition coefficient (Wildman–Crippen LogP) is 26.6. The lowest BCUT2D eigenvalue weighted by Gasteiger charge is -2.47. The topological polar surface area (TPSA) is 114 Å². The molecular formula is C94H138O10. The zero-order chi connectivity index (χ0) is 76.1. The highest BCUT2D eigenvalue weighted by molar-refractivity contribution is 5.33. The number of aromatic hydroxyl groups is 2. The second-order valence-corrected chi connectivity index (χ2v) is 30.6. The minimum atomic E-state index is -0.264. The van der Waals surface area contributed by atoms with Crippen LogP contribution in [0.5, 0.6) is 34.5 Å². The number of hydrogen-bond donors (Lipinski definition) is 2. The summed E-state index contributed by atoms with van der Waals surface area (Å²) in [4.78, 5) is 0. The molecule has 0 aliphatic heterocycles. The van der Waals surface area contributed by atoms with Crippen molar-refractivity contribution >= 4 is 0 Å². The molecule has 9 rings (SSSR count). The van der Waals surface area contributed by atoms with E-state index < -0.39 is 0 Å². The van der Waals surface area contributed by atoms with E-state index in [1.54, 1.807) is 24.3 Å². The van der Waals surface area contributed by atoms with Crippen molar-refractivity contribution in [2.24, 2.45) is 23.2 Å². The van der Waals surface area contributed by atoms with Gasteiger partial charge in [-0.25, -0.2) is 0 Å². The minimum absolute atomic E-state index is 0.193. The van der Waals surface area contributed by atoms with Crippen molar-refractivity contribution in [3.05, 3.63) is 215 Å². The summed E-state index contributed by atoms with van der Waals surface area (Å²) in [5.74, 6) is 9.77. The molecule has 2 aliphatic carbocycles. The summed E-state index contributed by atoms with van der Waals surface area (Å²) in [6, 6.07) is 58.7. The van der Waals surface area contributed by atoms with Gasteiger partial charge < -0.3 is 48.1 Å². The number of phenolic OH excluding ortho intramolecular Hbond substituents is 2. The molecule has 10 nitrogen and oxygen atoms in total. The van der Waals surface area contributed by atoms with E-state index in [-0.39, 0.29) is 25.2 Å². The largest absolute Gasteiger partial charge is 0.508 e. The van der Waals surface area contributed by atoms with E-state index in [0.717, 1.165) is 111 Å². The standard InChI is InChI=1S/C39H60O4.C19H24O2.C16H26O2.2C10H14O/c1-9-27(3)31-11-19-35(20-12-31)40-29(5)42-37-23-15-33(16-24-37)39(7,8)34-17-25-38(26-18-34)43-30(6)41-36-21-13-32(14-22-36)28(4)10-2;1-4-15(2)18-10-12-19(13-11-18)21-16(3)20-14-17-8-6-5-7-9-17;1-6-13(4)15-7-9-16(10-8-15)18-14(5)17-11-12(2)3;2*1-3-8(2)9-4-6-10(11)7-5-9/h11-14,19-22,27-30,33-34,37-38H,9-10,15-18,23-26H2,1-8H3;5-13,15-16H,4,14H2,1-3H3;7-10,12-14H,6,11H2,1-5H3;2*4-8,11H,3H2,1-2H3. The van der Waals surface area contributed by atoms with E-state index in [1.165, 1.54) is 59.1 Å². The maximum atomic E-state index is 9.01. The molecule has 2 fully saturated rings. The first-order chi connectivity index (χ1) is 49.8. The second-order valence-electron chi connectivity index (χ2n) is 30.6. The molecule has 10 atom stereocenters. The van der Waals surface area contributed by atoms with Gasteiger partial charge in [0.05, 0.1) is 25.4 Å². The second kappa shape index (κ2) is 47.0. The lowest BCUT2D eigenvalue weighted by atomic mass is 9.60. The van der Waals surface area contributed by atoms with Crippen LogP contribution < -0.4 is 18.9 Å². The van der Waals surface area contributed by atoms with Crippen LogP contribution in [0.15, 0.2) is 176 Å². The Balaban J connectivity index is 0.000000264. The van der Waals surface area contributed by atoms with Crippen LogP contribution >= 0.6 is 0 Å². The third kappa shape index (κ3) is 31.7. The first kappa shape index (κ1) is 87.8. The van der Waals surface area contributed by atoms with Crippen LogP contribution in [0.2, 0.25) is 0 Å². The van der Waals surface area contributed by atoms with Gasteiger partial charge in [0.1, 0.15) is 34.5 Å². The number of ether oxygens (including phenoxy) is 8. The third-order valence-corrected chi connectivity index (χ3v) is 21.8. The van der Waals surface area contributed by atoms with Crippen LogP contribution in [0.4, 0.5) is 0 Å². The third-order valence-electron chi connectivity index (χ3n) is 21.8. The lowest BCUT2D eigenvalue weighted by Crippen LogP contribution is -2.40. The van der Waals surface area contributed by atoms with Crippen molar-refractivity contribution < 1.29 is 48.1 Å². The molecule has 7 aromatic carbocycles. The van der Waals surface area contributed by atoms with Crippen LogP contribution in [-0.2, 0) is 25.6 Å². The highest BCUT2D eigenvalue weighted by Crippen LogP contribution is 2.49. The summed E-state index contributed by atoms with van der Waals surface area (Å²) in [5.41, 5.74) is 9.54. The van der Waals surface area contributed by atoms with Crippen LogP contribution in [0.25, 0.3) is 0 Å². The van der Waals surface area contributed by atoms with Gasteiger partial charge in [-0.3, -0.25) is 0 Å². The lowest BCUT2D eigenvalue weighted by molar-refractivity contribution is -0.132. The zero-order valence-corrected chi connectivity index (χ0v) is 67.9. The van der Waals surface area contributed by atoms with Crippen molar-refractivity contribution in [1.82, 2.24) is 0 Å². The summed E-state index contributed by atoms with van der Waals surface area (Å²) >= 11 is 0. The minimum Gasteiger partial charge on any atom is -0.508 e. The van der Waals surface area contributed by atoms with Gasteiger partial charge in [0.2, 0.25) is 0 Å². The molecular weight excluding hydrogens is 1290 g/mol. The Kier molecular flexibility index (Phi) is 39.7. The molecule has 2 aliphatic rings. The van der Waals surface area contributed by atoms with Gasteiger partial charge in [-0.15, -0.1) is 0 Å². The van der Waals surface area contributed by atoms with Gasteiger partial charge in [0.25, 0.3) is 0 Å². The molecule has 2 saturated carbocycles. The number of rotatable bonds is 32. The molecule has 10 unspecified atom stereocenters. The molecule has 0 heterocycles. The van der Waals surface area contributed by atoms with Crippen LogP contribution in [0, 0.1) is 23.2 Å². The van der Waals surface area contributed by atoms with Crippen molar-refractivity contribution in [3.63, 3.8) is 0 Å². The van der Waals surface area contributed by atoms with Crippen LogP contribution in [0.3, 0.4) is 0 Å².